The van der Waals surface area contributed by atoms with E-state index in [1.54, 1.807) is 31.4 Å². The van der Waals surface area contributed by atoms with Crippen molar-refractivity contribution in [1.82, 2.24) is 13.9 Å². The smallest absolute Gasteiger partial charge is 0.269 e. The second-order valence-electron chi connectivity index (χ2n) is 6.40. The maximum atomic E-state index is 12.7. The van der Waals surface area contributed by atoms with E-state index in [1.807, 2.05) is 10.6 Å². The van der Waals surface area contributed by atoms with Crippen LogP contribution in [0.1, 0.15) is 10.4 Å². The molecule has 1 aromatic heterocycles. The van der Waals surface area contributed by atoms with Gasteiger partial charge in [-0.05, 0) is 30.3 Å². The molecule has 0 atom stereocenters. The van der Waals surface area contributed by atoms with Gasteiger partial charge in [-0.3, -0.25) is 4.79 Å². The van der Waals surface area contributed by atoms with Crippen molar-refractivity contribution in [3.05, 3.63) is 53.1 Å². The topological polar surface area (TPSA) is 81.5 Å². The molecule has 1 aliphatic heterocycles. The SMILES string of the molecule is COCCn1c(SCCN2C(=O)c3ccccc3S2(=O)=O)nc2cc(Cl)ccc21. The molecule has 29 heavy (non-hydrogen) atoms. The number of ether oxygens (including phenoxy) is 1. The molecule has 0 unspecified atom stereocenters. The third kappa shape index (κ3) is 3.63. The van der Waals surface area contributed by atoms with E-state index in [0.29, 0.717) is 23.9 Å². The summed E-state index contributed by atoms with van der Waals surface area (Å²) in [5, 5.41) is 1.32. The molecule has 0 N–H and O–H groups in total. The molecule has 0 spiro atoms. The number of carbonyl (C=O) groups is 1. The van der Waals surface area contributed by atoms with Gasteiger partial charge in [0.25, 0.3) is 15.9 Å². The van der Waals surface area contributed by atoms with E-state index in [4.69, 9.17) is 16.3 Å². The van der Waals surface area contributed by atoms with Crippen LogP contribution in [0.15, 0.2) is 52.5 Å². The van der Waals surface area contributed by atoms with Crippen LogP contribution in [0.2, 0.25) is 5.02 Å². The van der Waals surface area contributed by atoms with Crippen molar-refractivity contribution < 1.29 is 17.9 Å². The van der Waals surface area contributed by atoms with E-state index >= 15 is 0 Å². The molecule has 1 amide bonds. The van der Waals surface area contributed by atoms with E-state index in [1.165, 1.54) is 23.9 Å². The Morgan fingerprint density at radius 2 is 1.97 bits per heavy atom. The number of benzene rings is 2. The number of hydrogen-bond donors (Lipinski definition) is 0. The number of halogens is 1. The molecule has 0 radical (unpaired) electrons. The summed E-state index contributed by atoms with van der Waals surface area (Å²) in [6, 6.07) is 11.8. The summed E-state index contributed by atoms with van der Waals surface area (Å²) in [6.45, 7) is 1.17. The van der Waals surface area contributed by atoms with Crippen molar-refractivity contribution in [1.29, 1.82) is 0 Å². The molecular formula is C19H18ClN3O4S2. The zero-order chi connectivity index (χ0) is 20.6. The third-order valence-electron chi connectivity index (χ3n) is 4.63. The average Bonchev–Trinajstić information content (AvgIpc) is 3.13. The average molecular weight is 452 g/mol. The molecule has 0 saturated carbocycles. The Kier molecular flexibility index (Phi) is 5.56. The number of nitrogens with zero attached hydrogens (tertiary/aromatic N) is 3. The van der Waals surface area contributed by atoms with Crippen molar-refractivity contribution >= 4 is 50.3 Å². The predicted octanol–water partition coefficient (Wildman–Crippen LogP) is 3.27. The van der Waals surface area contributed by atoms with Gasteiger partial charge in [0, 0.05) is 31.0 Å². The highest BCUT2D eigenvalue weighted by Crippen LogP contribution is 2.31. The van der Waals surface area contributed by atoms with Crippen LogP contribution in [0.25, 0.3) is 11.0 Å². The Hall–Kier alpha value is -2.07. The Labute approximate surface area is 177 Å². The fourth-order valence-corrected chi connectivity index (χ4v) is 6.08. The lowest BCUT2D eigenvalue weighted by molar-refractivity contribution is 0.0876. The largest absolute Gasteiger partial charge is 0.383 e. The van der Waals surface area contributed by atoms with Crippen molar-refractivity contribution in [3.8, 4) is 0 Å². The molecule has 152 valence electrons. The van der Waals surface area contributed by atoms with E-state index in [-0.39, 0.29) is 17.0 Å². The zero-order valence-corrected chi connectivity index (χ0v) is 17.9. The fourth-order valence-electron chi connectivity index (χ4n) is 3.26. The summed E-state index contributed by atoms with van der Waals surface area (Å²) in [5.41, 5.74) is 1.90. The highest BCUT2D eigenvalue weighted by Gasteiger charge is 2.40. The molecule has 3 aromatic rings. The number of sulfonamides is 1. The Morgan fingerprint density at radius 1 is 1.17 bits per heavy atom. The van der Waals surface area contributed by atoms with Crippen molar-refractivity contribution in [2.45, 2.75) is 16.6 Å². The van der Waals surface area contributed by atoms with Crippen LogP contribution >= 0.6 is 23.4 Å². The summed E-state index contributed by atoms with van der Waals surface area (Å²) >= 11 is 7.47. The second kappa shape index (κ2) is 7.98. The minimum atomic E-state index is -3.80. The first-order valence-corrected chi connectivity index (χ1v) is 11.7. The fraction of sp³-hybridized carbons (Fsp3) is 0.263. The van der Waals surface area contributed by atoms with Gasteiger partial charge >= 0.3 is 0 Å². The third-order valence-corrected chi connectivity index (χ3v) is 7.66. The first kappa shape index (κ1) is 20.2. The van der Waals surface area contributed by atoms with Crippen LogP contribution in [-0.2, 0) is 21.3 Å². The molecule has 0 aliphatic carbocycles. The second-order valence-corrected chi connectivity index (χ2v) is 9.73. The van der Waals surface area contributed by atoms with Gasteiger partial charge in [0.15, 0.2) is 5.16 Å². The molecule has 1 aliphatic rings. The number of methoxy groups -OCH3 is 1. The summed E-state index contributed by atoms with van der Waals surface area (Å²) < 4.78 is 33.5. The van der Waals surface area contributed by atoms with Gasteiger partial charge in [-0.25, -0.2) is 17.7 Å². The maximum Gasteiger partial charge on any atom is 0.269 e. The number of carbonyl (C=O) groups excluding carboxylic acids is 1. The number of hydrogen-bond acceptors (Lipinski definition) is 6. The molecule has 2 heterocycles. The van der Waals surface area contributed by atoms with Gasteiger partial charge in [-0.15, -0.1) is 0 Å². The van der Waals surface area contributed by atoms with Crippen LogP contribution < -0.4 is 0 Å². The molecule has 0 saturated heterocycles. The summed E-state index contributed by atoms with van der Waals surface area (Å²) in [5.74, 6) is -0.107. The lowest BCUT2D eigenvalue weighted by atomic mass is 10.2. The summed E-state index contributed by atoms with van der Waals surface area (Å²) in [4.78, 5) is 17.2. The number of fused-ring (bicyclic) bond motifs is 2. The van der Waals surface area contributed by atoms with Crippen LogP contribution in [0.4, 0.5) is 0 Å². The van der Waals surface area contributed by atoms with Crippen LogP contribution in [0, 0.1) is 0 Å². The van der Waals surface area contributed by atoms with Crippen molar-refractivity contribution in [2.24, 2.45) is 0 Å². The first-order chi connectivity index (χ1) is 13.9. The highest BCUT2D eigenvalue weighted by molar-refractivity contribution is 7.99. The normalized spacial score (nSPS) is 15.2. The van der Waals surface area contributed by atoms with Gasteiger partial charge in [0.1, 0.15) is 4.90 Å². The minimum absolute atomic E-state index is 0.0642. The lowest BCUT2D eigenvalue weighted by Gasteiger charge is -2.15. The monoisotopic (exact) mass is 451 g/mol. The van der Waals surface area contributed by atoms with Gasteiger partial charge in [-0.2, -0.15) is 0 Å². The maximum absolute atomic E-state index is 12.7. The number of thioether (sulfide) groups is 1. The zero-order valence-electron chi connectivity index (χ0n) is 15.5. The summed E-state index contributed by atoms with van der Waals surface area (Å²) in [6.07, 6.45) is 0. The van der Waals surface area contributed by atoms with Crippen molar-refractivity contribution in [3.63, 3.8) is 0 Å². The van der Waals surface area contributed by atoms with E-state index in [0.717, 1.165) is 20.5 Å². The first-order valence-electron chi connectivity index (χ1n) is 8.87. The Morgan fingerprint density at radius 3 is 2.72 bits per heavy atom. The van der Waals surface area contributed by atoms with E-state index in [9.17, 15) is 13.2 Å². The standard InChI is InChI=1S/C19H18ClN3O4S2/c1-27-10-8-22-16-7-6-13(20)12-15(16)21-19(22)28-11-9-23-18(24)14-4-2-3-5-17(14)29(23,25)26/h2-7,12H,8-11H2,1H3. The Bertz CT molecular complexity index is 1190. The number of rotatable bonds is 7. The molecule has 4 rings (SSSR count). The predicted molar refractivity (Wildman–Crippen MR) is 112 cm³/mol. The van der Waals surface area contributed by atoms with Crippen LogP contribution in [0.5, 0.6) is 0 Å². The van der Waals surface area contributed by atoms with Crippen LogP contribution in [0.3, 0.4) is 0 Å². The quantitative estimate of drug-likeness (QED) is 0.513. The molecule has 0 bridgehead atoms. The molecule has 7 nitrogen and oxygen atoms in total. The summed E-state index contributed by atoms with van der Waals surface area (Å²) in [7, 11) is -2.17. The van der Waals surface area contributed by atoms with E-state index in [2.05, 4.69) is 4.98 Å². The number of aromatic nitrogens is 2. The molecular weight excluding hydrogens is 434 g/mol. The van der Waals surface area contributed by atoms with Gasteiger partial charge < -0.3 is 9.30 Å². The number of imidazole rings is 1. The molecule has 0 fully saturated rings. The van der Waals surface area contributed by atoms with E-state index < -0.39 is 15.9 Å². The number of amides is 1. The van der Waals surface area contributed by atoms with Gasteiger partial charge in [0.2, 0.25) is 0 Å². The Balaban J connectivity index is 1.54. The minimum Gasteiger partial charge on any atom is -0.383 e. The van der Waals surface area contributed by atoms with Crippen molar-refractivity contribution in [2.75, 3.05) is 26.0 Å². The van der Waals surface area contributed by atoms with Crippen LogP contribution in [-0.4, -0.2) is 54.2 Å². The van der Waals surface area contributed by atoms with Gasteiger partial charge in [-0.1, -0.05) is 35.5 Å². The molecule has 10 heteroatoms. The lowest BCUT2D eigenvalue weighted by Crippen LogP contribution is -2.32. The highest BCUT2D eigenvalue weighted by atomic mass is 35.5. The van der Waals surface area contributed by atoms with Gasteiger partial charge in [0.05, 0.1) is 23.2 Å². The molecule has 2 aromatic carbocycles.